The molecule has 0 bridgehead atoms. The molecule has 0 atom stereocenters. The summed E-state index contributed by atoms with van der Waals surface area (Å²) in [4.78, 5) is 23.8. The SMILES string of the molecule is Cc1ccccc1C(=O)OCC(=O)NCCc1ccc2c(c1)OCCO2. The standard InChI is InChI=1S/C20H21NO5/c1-14-4-2-3-5-16(14)20(23)26-13-19(22)21-9-8-15-6-7-17-18(12-15)25-11-10-24-17/h2-7,12H,8-11,13H2,1H3,(H,21,22). The molecule has 1 N–H and O–H groups in total. The molecule has 2 aromatic carbocycles. The molecule has 1 aliphatic heterocycles. The lowest BCUT2D eigenvalue weighted by molar-refractivity contribution is -0.124. The Hall–Kier alpha value is -3.02. The van der Waals surface area contributed by atoms with Crippen LogP contribution >= 0.6 is 0 Å². The number of benzene rings is 2. The lowest BCUT2D eigenvalue weighted by Crippen LogP contribution is -2.30. The van der Waals surface area contributed by atoms with E-state index in [1.807, 2.05) is 37.3 Å². The van der Waals surface area contributed by atoms with Gasteiger partial charge in [0.2, 0.25) is 0 Å². The van der Waals surface area contributed by atoms with Crippen molar-refractivity contribution >= 4 is 11.9 Å². The number of carbonyl (C=O) groups is 2. The predicted octanol–water partition coefficient (Wildman–Crippen LogP) is 2.28. The van der Waals surface area contributed by atoms with Gasteiger partial charge in [-0.25, -0.2) is 4.79 Å². The maximum absolute atomic E-state index is 12.0. The Labute approximate surface area is 152 Å². The van der Waals surface area contributed by atoms with Gasteiger partial charge in [0, 0.05) is 6.54 Å². The molecule has 0 unspecified atom stereocenters. The van der Waals surface area contributed by atoms with Gasteiger partial charge in [-0.2, -0.15) is 0 Å². The highest BCUT2D eigenvalue weighted by Gasteiger charge is 2.13. The molecule has 1 heterocycles. The van der Waals surface area contributed by atoms with Gasteiger partial charge >= 0.3 is 5.97 Å². The molecule has 1 amide bonds. The van der Waals surface area contributed by atoms with E-state index in [0.29, 0.717) is 31.7 Å². The zero-order valence-corrected chi connectivity index (χ0v) is 14.6. The third kappa shape index (κ3) is 4.53. The summed E-state index contributed by atoms with van der Waals surface area (Å²) in [6.45, 7) is 3.07. The highest BCUT2D eigenvalue weighted by molar-refractivity contribution is 5.92. The molecule has 0 fully saturated rings. The van der Waals surface area contributed by atoms with Crippen molar-refractivity contribution in [3.05, 3.63) is 59.2 Å². The molecule has 0 saturated carbocycles. The fourth-order valence-corrected chi connectivity index (χ4v) is 2.65. The van der Waals surface area contributed by atoms with Gasteiger partial charge in [-0.3, -0.25) is 4.79 Å². The molecule has 0 saturated heterocycles. The van der Waals surface area contributed by atoms with E-state index in [2.05, 4.69) is 5.32 Å². The van der Waals surface area contributed by atoms with E-state index in [1.165, 1.54) is 0 Å². The number of fused-ring (bicyclic) bond motifs is 1. The third-order valence-corrected chi connectivity index (χ3v) is 4.04. The van der Waals surface area contributed by atoms with Crippen LogP contribution in [-0.4, -0.2) is 38.2 Å². The maximum atomic E-state index is 12.0. The molecule has 3 rings (SSSR count). The Morgan fingerprint density at radius 1 is 1.08 bits per heavy atom. The van der Waals surface area contributed by atoms with Gasteiger partial charge in [-0.15, -0.1) is 0 Å². The van der Waals surface area contributed by atoms with Crippen LogP contribution in [0, 0.1) is 6.92 Å². The molecular formula is C20H21NO5. The summed E-state index contributed by atoms with van der Waals surface area (Å²) in [6, 6.07) is 12.8. The second kappa shape index (κ2) is 8.38. The summed E-state index contributed by atoms with van der Waals surface area (Å²) >= 11 is 0. The van der Waals surface area contributed by atoms with Crippen molar-refractivity contribution < 1.29 is 23.8 Å². The predicted molar refractivity (Wildman–Crippen MR) is 95.6 cm³/mol. The number of rotatable bonds is 6. The normalized spacial score (nSPS) is 12.3. The average molecular weight is 355 g/mol. The molecule has 136 valence electrons. The van der Waals surface area contributed by atoms with E-state index in [1.54, 1.807) is 12.1 Å². The summed E-state index contributed by atoms with van der Waals surface area (Å²) < 4.78 is 16.1. The summed E-state index contributed by atoms with van der Waals surface area (Å²) in [7, 11) is 0. The Bertz CT molecular complexity index is 803. The lowest BCUT2D eigenvalue weighted by atomic mass is 10.1. The number of esters is 1. The lowest BCUT2D eigenvalue weighted by Gasteiger charge is -2.18. The minimum Gasteiger partial charge on any atom is -0.486 e. The largest absolute Gasteiger partial charge is 0.486 e. The van der Waals surface area contributed by atoms with Gasteiger partial charge in [0.15, 0.2) is 18.1 Å². The van der Waals surface area contributed by atoms with Crippen LogP contribution < -0.4 is 14.8 Å². The van der Waals surface area contributed by atoms with E-state index < -0.39 is 5.97 Å². The molecule has 0 aliphatic carbocycles. The van der Waals surface area contributed by atoms with Crippen molar-refractivity contribution in [1.82, 2.24) is 5.32 Å². The molecule has 2 aromatic rings. The minimum atomic E-state index is -0.495. The summed E-state index contributed by atoms with van der Waals surface area (Å²) in [6.07, 6.45) is 0.647. The van der Waals surface area contributed by atoms with Gasteiger partial charge < -0.3 is 19.5 Å². The summed E-state index contributed by atoms with van der Waals surface area (Å²) in [5, 5.41) is 2.74. The van der Waals surface area contributed by atoms with Crippen LogP contribution in [0.2, 0.25) is 0 Å². The highest BCUT2D eigenvalue weighted by Crippen LogP contribution is 2.30. The zero-order valence-electron chi connectivity index (χ0n) is 14.6. The van der Waals surface area contributed by atoms with Crippen LogP contribution in [0.4, 0.5) is 0 Å². The first-order valence-corrected chi connectivity index (χ1v) is 8.51. The first-order valence-electron chi connectivity index (χ1n) is 8.51. The number of hydrogen-bond acceptors (Lipinski definition) is 5. The second-order valence-electron chi connectivity index (χ2n) is 5.97. The van der Waals surface area contributed by atoms with E-state index in [9.17, 15) is 9.59 Å². The molecule has 6 nitrogen and oxygen atoms in total. The molecule has 26 heavy (non-hydrogen) atoms. The summed E-state index contributed by atoms with van der Waals surface area (Å²) in [5.74, 6) is 0.647. The van der Waals surface area contributed by atoms with Crippen molar-refractivity contribution in [2.75, 3.05) is 26.4 Å². The molecule has 0 spiro atoms. The number of nitrogens with one attached hydrogen (secondary N) is 1. The van der Waals surface area contributed by atoms with Crippen molar-refractivity contribution in [3.63, 3.8) is 0 Å². The van der Waals surface area contributed by atoms with Gasteiger partial charge in [-0.05, 0) is 42.7 Å². The van der Waals surface area contributed by atoms with Crippen molar-refractivity contribution in [3.8, 4) is 11.5 Å². The zero-order chi connectivity index (χ0) is 18.4. The van der Waals surface area contributed by atoms with Gasteiger partial charge in [0.25, 0.3) is 5.91 Å². The number of carbonyl (C=O) groups excluding carboxylic acids is 2. The van der Waals surface area contributed by atoms with E-state index in [0.717, 1.165) is 22.6 Å². The monoisotopic (exact) mass is 355 g/mol. The van der Waals surface area contributed by atoms with Crippen molar-refractivity contribution in [1.29, 1.82) is 0 Å². The molecule has 0 radical (unpaired) electrons. The van der Waals surface area contributed by atoms with Crippen LogP contribution in [0.25, 0.3) is 0 Å². The number of aryl methyl sites for hydroxylation is 1. The third-order valence-electron chi connectivity index (χ3n) is 4.04. The average Bonchev–Trinajstić information content (AvgIpc) is 2.66. The second-order valence-corrected chi connectivity index (χ2v) is 5.97. The maximum Gasteiger partial charge on any atom is 0.338 e. The van der Waals surface area contributed by atoms with Crippen molar-refractivity contribution in [2.24, 2.45) is 0 Å². The Balaban J connectivity index is 1.42. The highest BCUT2D eigenvalue weighted by atomic mass is 16.6. The van der Waals surface area contributed by atoms with Crippen LogP contribution in [0.3, 0.4) is 0 Å². The van der Waals surface area contributed by atoms with E-state index in [-0.39, 0.29) is 12.5 Å². The Morgan fingerprint density at radius 3 is 2.65 bits per heavy atom. The number of amides is 1. The summed E-state index contributed by atoms with van der Waals surface area (Å²) in [5.41, 5.74) is 2.32. The van der Waals surface area contributed by atoms with Crippen molar-refractivity contribution in [2.45, 2.75) is 13.3 Å². The van der Waals surface area contributed by atoms with Crippen LogP contribution in [-0.2, 0) is 16.0 Å². The topological polar surface area (TPSA) is 73.9 Å². The molecule has 1 aliphatic rings. The fourth-order valence-electron chi connectivity index (χ4n) is 2.65. The Morgan fingerprint density at radius 2 is 1.85 bits per heavy atom. The molecule has 0 aromatic heterocycles. The molecular weight excluding hydrogens is 334 g/mol. The first-order chi connectivity index (χ1) is 12.6. The quantitative estimate of drug-likeness (QED) is 0.805. The van der Waals surface area contributed by atoms with Gasteiger partial charge in [0.1, 0.15) is 13.2 Å². The van der Waals surface area contributed by atoms with Gasteiger partial charge in [0.05, 0.1) is 5.56 Å². The smallest absolute Gasteiger partial charge is 0.338 e. The van der Waals surface area contributed by atoms with Crippen LogP contribution in [0.15, 0.2) is 42.5 Å². The van der Waals surface area contributed by atoms with E-state index in [4.69, 9.17) is 14.2 Å². The fraction of sp³-hybridized carbons (Fsp3) is 0.300. The molecule has 6 heteroatoms. The van der Waals surface area contributed by atoms with Gasteiger partial charge in [-0.1, -0.05) is 24.3 Å². The van der Waals surface area contributed by atoms with Crippen LogP contribution in [0.1, 0.15) is 21.5 Å². The number of hydrogen-bond donors (Lipinski definition) is 1. The number of ether oxygens (including phenoxy) is 3. The first kappa shape index (κ1) is 17.8. The van der Waals surface area contributed by atoms with Crippen LogP contribution in [0.5, 0.6) is 11.5 Å². The Kier molecular flexibility index (Phi) is 5.73. The van der Waals surface area contributed by atoms with E-state index >= 15 is 0 Å². The minimum absolute atomic E-state index is 0.297.